The summed E-state index contributed by atoms with van der Waals surface area (Å²) in [7, 11) is -8.01. The van der Waals surface area contributed by atoms with Crippen molar-refractivity contribution in [2.75, 3.05) is 6.61 Å². The van der Waals surface area contributed by atoms with E-state index in [4.69, 9.17) is 31.6 Å². The summed E-state index contributed by atoms with van der Waals surface area (Å²) in [5.41, 5.74) is -4.76. The van der Waals surface area contributed by atoms with Gasteiger partial charge in [-0.2, -0.15) is 22.9 Å². The number of hydrogen-bond donors (Lipinski definition) is 0. The maximum Gasteiger partial charge on any atom is 0.485 e. The van der Waals surface area contributed by atoms with Gasteiger partial charge in [-0.1, -0.05) is 27.7 Å². The molecular weight excluding hydrogens is 521 g/mol. The third-order valence-electron chi connectivity index (χ3n) is 6.41. The Labute approximate surface area is 213 Å². The molecule has 0 aromatic carbocycles. The molecule has 1 aliphatic rings. The first kappa shape index (κ1) is 32.4. The summed E-state index contributed by atoms with van der Waals surface area (Å²) in [5, 5.41) is 0.162. The molecule has 1 saturated heterocycles. The van der Waals surface area contributed by atoms with Gasteiger partial charge in [-0.05, 0) is 44.8 Å². The minimum absolute atomic E-state index is 0.0437. The maximum atomic E-state index is 10.7. The molecule has 208 valence electrons. The smallest absolute Gasteiger partial charge is 0.485 e. The van der Waals surface area contributed by atoms with Gasteiger partial charge in [-0.3, -0.25) is 0 Å². The highest BCUT2D eigenvalue weighted by atomic mass is 32.2. The Morgan fingerprint density at radius 3 is 2.28 bits per heavy atom. The number of halogens is 3. The molecule has 0 N–H and O–H groups in total. The van der Waals surface area contributed by atoms with Crippen LogP contribution in [0.15, 0.2) is 6.20 Å². The maximum absolute atomic E-state index is 10.7. The fraction of sp³-hybridized carbons (Fsp3) is 0.773. The quantitative estimate of drug-likeness (QED) is 0.179. The van der Waals surface area contributed by atoms with Gasteiger partial charge in [0, 0.05) is 11.8 Å². The molecule has 0 spiro atoms. The lowest BCUT2D eigenvalue weighted by molar-refractivity contribution is -0.0517. The second-order valence-corrected chi connectivity index (χ2v) is 16.1. The Kier molecular flexibility index (Phi) is 11.1. The van der Waals surface area contributed by atoms with E-state index in [2.05, 4.69) is 50.8 Å². The Morgan fingerprint density at radius 1 is 1.25 bits per heavy atom. The number of rotatable bonds is 9. The van der Waals surface area contributed by atoms with Crippen molar-refractivity contribution in [2.45, 2.75) is 96.8 Å². The van der Waals surface area contributed by atoms with Crippen LogP contribution in [0.5, 0.6) is 11.9 Å². The lowest BCUT2D eigenvalue weighted by Gasteiger charge is -2.42. The molecule has 2 rings (SSSR count). The summed E-state index contributed by atoms with van der Waals surface area (Å²) < 4.78 is 82.9. The molecule has 0 unspecified atom stereocenters. The van der Waals surface area contributed by atoms with Crippen LogP contribution in [0, 0.1) is 19.4 Å². The molecule has 36 heavy (non-hydrogen) atoms. The minimum atomic E-state index is -6.09. The first-order valence-electron chi connectivity index (χ1n) is 11.5. The summed E-state index contributed by atoms with van der Waals surface area (Å²) in [5.74, 6) is 1.11. The molecule has 2 atom stereocenters. The van der Waals surface area contributed by atoms with Crippen molar-refractivity contribution in [3.63, 3.8) is 0 Å². The SMILES string of the molecule is Cc1cnc(O[C@@H]2C[CH+]O[C@@H]2CO[Si](C)(C)C(C)(C)C(C)C)nc1OC(C)C.O=S(=O)([O-])C(F)(F)F. The molecule has 1 aromatic rings. The number of aryl methyl sites for hydroxylation is 1. The molecule has 0 aliphatic carbocycles. The van der Waals surface area contributed by atoms with Crippen LogP contribution in [-0.4, -0.2) is 61.7 Å². The van der Waals surface area contributed by atoms with E-state index < -0.39 is 23.9 Å². The van der Waals surface area contributed by atoms with Crippen molar-refractivity contribution < 1.29 is 44.8 Å². The fourth-order valence-electron chi connectivity index (χ4n) is 2.90. The number of alkyl halides is 3. The summed E-state index contributed by atoms with van der Waals surface area (Å²) in [4.78, 5) is 8.73. The Bertz CT molecular complexity index is 957. The highest BCUT2D eigenvalue weighted by molar-refractivity contribution is 7.86. The Hall–Kier alpha value is -1.61. The summed E-state index contributed by atoms with van der Waals surface area (Å²) in [6.45, 7) is 21.8. The van der Waals surface area contributed by atoms with Gasteiger partial charge < -0.3 is 18.5 Å². The highest BCUT2D eigenvalue weighted by Crippen LogP contribution is 2.44. The highest BCUT2D eigenvalue weighted by Gasteiger charge is 2.46. The standard InChI is InChI=1S/C21H37N2O4Si.CHF3O3S/c1-14(2)21(6,7)28(8,9)25-13-18-17(10-11-24-18)27-20-22-12-16(5)19(23-20)26-15(3)4;2-1(3,4)8(5,6)7/h11-12,14-15,17-18H,10,13H2,1-9H3;(H,5,6,7)/q+1;/p-1/t17-,18-;/m1./s1. The molecule has 1 aromatic heterocycles. The van der Waals surface area contributed by atoms with E-state index in [1.54, 1.807) is 12.8 Å². The molecule has 1 fully saturated rings. The predicted molar refractivity (Wildman–Crippen MR) is 129 cm³/mol. The average molecular weight is 559 g/mol. The van der Waals surface area contributed by atoms with Crippen LogP contribution in [0.4, 0.5) is 13.2 Å². The molecule has 14 heteroatoms. The van der Waals surface area contributed by atoms with Crippen LogP contribution in [0.25, 0.3) is 0 Å². The van der Waals surface area contributed by atoms with Gasteiger partial charge in [-0.25, -0.2) is 13.4 Å². The lowest BCUT2D eigenvalue weighted by atomic mass is 9.99. The van der Waals surface area contributed by atoms with Crippen LogP contribution < -0.4 is 9.47 Å². The van der Waals surface area contributed by atoms with E-state index in [1.807, 2.05) is 20.8 Å². The van der Waals surface area contributed by atoms with E-state index in [1.165, 1.54) is 0 Å². The van der Waals surface area contributed by atoms with Gasteiger partial charge in [-0.15, -0.1) is 0 Å². The summed E-state index contributed by atoms with van der Waals surface area (Å²) >= 11 is 0. The number of nitrogens with zero attached hydrogens (tertiary/aromatic N) is 2. The number of ether oxygens (including phenoxy) is 3. The van der Waals surface area contributed by atoms with Gasteiger partial charge in [0.25, 0.3) is 0 Å². The molecule has 1 aliphatic heterocycles. The zero-order chi connectivity index (χ0) is 28.1. The first-order chi connectivity index (χ1) is 16.2. The third-order valence-corrected chi connectivity index (χ3v) is 11.5. The van der Waals surface area contributed by atoms with E-state index in [9.17, 15) is 13.2 Å². The minimum Gasteiger partial charge on any atom is -0.741 e. The van der Waals surface area contributed by atoms with Crippen LogP contribution in [0.1, 0.15) is 53.5 Å². The first-order valence-corrected chi connectivity index (χ1v) is 15.8. The molecule has 2 heterocycles. The zero-order valence-corrected chi connectivity index (χ0v) is 24.0. The van der Waals surface area contributed by atoms with Gasteiger partial charge in [0.2, 0.25) is 12.5 Å². The fourth-order valence-corrected chi connectivity index (χ4v) is 5.24. The van der Waals surface area contributed by atoms with E-state index in [0.29, 0.717) is 30.8 Å². The van der Waals surface area contributed by atoms with E-state index >= 15 is 0 Å². The number of hydrogen-bond acceptors (Lipinski definition) is 9. The number of aromatic nitrogens is 2. The van der Waals surface area contributed by atoms with Crippen molar-refractivity contribution >= 4 is 18.4 Å². The lowest BCUT2D eigenvalue weighted by Crippen LogP contribution is -2.47. The van der Waals surface area contributed by atoms with Crippen LogP contribution in [0.3, 0.4) is 0 Å². The van der Waals surface area contributed by atoms with E-state index in [-0.39, 0.29) is 23.4 Å². The van der Waals surface area contributed by atoms with Crippen LogP contribution in [-0.2, 0) is 19.3 Å². The average Bonchev–Trinajstić information content (AvgIpc) is 3.14. The van der Waals surface area contributed by atoms with Crippen molar-refractivity contribution in [3.8, 4) is 11.9 Å². The zero-order valence-electron chi connectivity index (χ0n) is 22.2. The van der Waals surface area contributed by atoms with E-state index in [0.717, 1.165) is 5.56 Å². The van der Waals surface area contributed by atoms with Crippen molar-refractivity contribution in [3.05, 3.63) is 18.4 Å². The molecule has 0 bridgehead atoms. The summed E-state index contributed by atoms with van der Waals surface area (Å²) in [6.07, 6.45) is 2.13. The Morgan fingerprint density at radius 2 is 1.81 bits per heavy atom. The monoisotopic (exact) mass is 558 g/mol. The molecular formula is C22H37F3N2O7SSi. The van der Waals surface area contributed by atoms with Crippen molar-refractivity contribution in [2.24, 2.45) is 5.92 Å². The molecule has 0 amide bonds. The van der Waals surface area contributed by atoms with Crippen molar-refractivity contribution in [1.29, 1.82) is 0 Å². The van der Waals surface area contributed by atoms with Gasteiger partial charge in [0.15, 0.2) is 37.1 Å². The van der Waals surface area contributed by atoms with Gasteiger partial charge in [0.05, 0.1) is 12.7 Å². The summed E-state index contributed by atoms with van der Waals surface area (Å²) in [6, 6.07) is 0.314. The largest absolute Gasteiger partial charge is 0.741 e. The topological polar surface area (TPSA) is 120 Å². The van der Waals surface area contributed by atoms with Crippen molar-refractivity contribution in [1.82, 2.24) is 9.97 Å². The predicted octanol–water partition coefficient (Wildman–Crippen LogP) is 4.98. The second-order valence-electron chi connectivity index (χ2n) is 10.1. The Balaban J connectivity index is 0.000000697. The van der Waals surface area contributed by atoms with Gasteiger partial charge in [0.1, 0.15) is 0 Å². The molecule has 9 nitrogen and oxygen atoms in total. The molecule has 0 radical (unpaired) electrons. The third kappa shape index (κ3) is 9.05. The second kappa shape index (κ2) is 12.3. The van der Waals surface area contributed by atoms with Crippen LogP contribution >= 0.6 is 0 Å². The van der Waals surface area contributed by atoms with Gasteiger partial charge >= 0.3 is 11.5 Å². The molecule has 0 saturated carbocycles. The van der Waals surface area contributed by atoms with Crippen LogP contribution in [0.2, 0.25) is 18.1 Å². The normalized spacial score (nSPS) is 19.1.